The summed E-state index contributed by atoms with van der Waals surface area (Å²) in [6.45, 7) is 4.72. The van der Waals surface area contributed by atoms with Gasteiger partial charge in [-0.3, -0.25) is 4.79 Å². The number of carbonyl (C=O) groups excluding carboxylic acids is 2. The third-order valence-electron chi connectivity index (χ3n) is 4.10. The number of urea groups is 1. The lowest BCUT2D eigenvalue weighted by atomic mass is 9.91. The summed E-state index contributed by atoms with van der Waals surface area (Å²) in [6.07, 6.45) is 2.00. The second-order valence-corrected chi connectivity index (χ2v) is 5.55. The molecule has 0 spiro atoms. The standard InChI is InChI=1S/C15H18N2O2/c1-10-5-3-7-12(9-10)17-14(18)13-11(2)6-4-8-16(13)15(17)19/h3,5,7,9,11,13H,4,6,8H2,1-2H3. The van der Waals surface area contributed by atoms with Gasteiger partial charge in [-0.25, -0.2) is 9.69 Å². The molecule has 2 fully saturated rings. The Hall–Kier alpha value is -1.84. The lowest BCUT2D eigenvalue weighted by Crippen LogP contribution is -2.44. The first kappa shape index (κ1) is 12.2. The molecular weight excluding hydrogens is 240 g/mol. The summed E-state index contributed by atoms with van der Waals surface area (Å²) in [5.41, 5.74) is 1.74. The van der Waals surface area contributed by atoms with Gasteiger partial charge in [-0.05, 0) is 43.4 Å². The number of fused-ring (bicyclic) bond motifs is 1. The molecule has 4 nitrogen and oxygen atoms in total. The zero-order valence-corrected chi connectivity index (χ0v) is 11.3. The summed E-state index contributed by atoms with van der Waals surface area (Å²) in [7, 11) is 0. The molecule has 2 aliphatic heterocycles. The summed E-state index contributed by atoms with van der Waals surface area (Å²) < 4.78 is 0. The monoisotopic (exact) mass is 258 g/mol. The number of imide groups is 1. The van der Waals surface area contributed by atoms with Crippen molar-refractivity contribution in [3.63, 3.8) is 0 Å². The minimum Gasteiger partial charge on any atom is -0.312 e. The van der Waals surface area contributed by atoms with E-state index in [-0.39, 0.29) is 23.9 Å². The Morgan fingerprint density at radius 1 is 1.26 bits per heavy atom. The molecule has 0 radical (unpaired) electrons. The van der Waals surface area contributed by atoms with Gasteiger partial charge in [0.1, 0.15) is 6.04 Å². The number of rotatable bonds is 1. The van der Waals surface area contributed by atoms with Crippen LogP contribution in [0.25, 0.3) is 0 Å². The minimum atomic E-state index is -0.262. The van der Waals surface area contributed by atoms with Crippen LogP contribution in [0.3, 0.4) is 0 Å². The number of amides is 3. The van der Waals surface area contributed by atoms with Crippen LogP contribution in [0, 0.1) is 12.8 Å². The molecule has 3 amide bonds. The van der Waals surface area contributed by atoms with Crippen molar-refractivity contribution in [3.05, 3.63) is 29.8 Å². The molecule has 0 bridgehead atoms. The predicted molar refractivity (Wildman–Crippen MR) is 73.0 cm³/mol. The van der Waals surface area contributed by atoms with Crippen LogP contribution in [0.15, 0.2) is 24.3 Å². The number of benzene rings is 1. The summed E-state index contributed by atoms with van der Waals surface area (Å²) in [4.78, 5) is 28.1. The molecule has 2 unspecified atom stereocenters. The molecule has 3 rings (SSSR count). The molecule has 2 atom stereocenters. The van der Waals surface area contributed by atoms with Gasteiger partial charge >= 0.3 is 6.03 Å². The molecule has 19 heavy (non-hydrogen) atoms. The fraction of sp³-hybridized carbons (Fsp3) is 0.467. The molecule has 0 aliphatic carbocycles. The van der Waals surface area contributed by atoms with Crippen LogP contribution >= 0.6 is 0 Å². The largest absolute Gasteiger partial charge is 0.332 e. The van der Waals surface area contributed by atoms with Crippen molar-refractivity contribution in [3.8, 4) is 0 Å². The van der Waals surface area contributed by atoms with Gasteiger partial charge in [-0.15, -0.1) is 0 Å². The Morgan fingerprint density at radius 2 is 2.05 bits per heavy atom. The SMILES string of the molecule is Cc1cccc(N2C(=O)C3C(C)CCCN3C2=O)c1. The summed E-state index contributed by atoms with van der Waals surface area (Å²) >= 11 is 0. The van der Waals surface area contributed by atoms with Crippen LogP contribution in [0.4, 0.5) is 10.5 Å². The van der Waals surface area contributed by atoms with E-state index in [1.807, 2.05) is 31.2 Å². The minimum absolute atomic E-state index is 0.0669. The predicted octanol–water partition coefficient (Wildman–Crippen LogP) is 2.56. The van der Waals surface area contributed by atoms with Crippen molar-refractivity contribution in [2.24, 2.45) is 5.92 Å². The van der Waals surface area contributed by atoms with Crippen LogP contribution < -0.4 is 4.90 Å². The Labute approximate surface area is 113 Å². The Bertz CT molecular complexity index is 541. The van der Waals surface area contributed by atoms with Gasteiger partial charge in [-0.1, -0.05) is 19.1 Å². The van der Waals surface area contributed by atoms with E-state index in [4.69, 9.17) is 0 Å². The van der Waals surface area contributed by atoms with Crippen LogP contribution in [0.5, 0.6) is 0 Å². The van der Waals surface area contributed by atoms with Crippen molar-refractivity contribution < 1.29 is 9.59 Å². The van der Waals surface area contributed by atoms with E-state index < -0.39 is 0 Å². The zero-order chi connectivity index (χ0) is 13.6. The number of anilines is 1. The van der Waals surface area contributed by atoms with Gasteiger partial charge in [0.25, 0.3) is 5.91 Å². The van der Waals surface area contributed by atoms with E-state index in [0.29, 0.717) is 12.2 Å². The van der Waals surface area contributed by atoms with Crippen molar-refractivity contribution >= 4 is 17.6 Å². The molecule has 2 aliphatic rings. The summed E-state index contributed by atoms with van der Waals surface area (Å²) in [6, 6.07) is 7.13. The third-order valence-corrected chi connectivity index (χ3v) is 4.10. The number of carbonyl (C=O) groups is 2. The summed E-state index contributed by atoms with van der Waals surface area (Å²) in [5, 5.41) is 0. The fourth-order valence-electron chi connectivity index (χ4n) is 3.14. The normalized spacial score (nSPS) is 26.8. The van der Waals surface area contributed by atoms with Crippen molar-refractivity contribution in [2.45, 2.75) is 32.7 Å². The van der Waals surface area contributed by atoms with E-state index >= 15 is 0 Å². The number of hydrogen-bond acceptors (Lipinski definition) is 2. The highest BCUT2D eigenvalue weighted by atomic mass is 16.2. The lowest BCUT2D eigenvalue weighted by molar-refractivity contribution is -0.121. The molecule has 2 saturated heterocycles. The van der Waals surface area contributed by atoms with Crippen molar-refractivity contribution in [1.82, 2.24) is 4.90 Å². The van der Waals surface area contributed by atoms with Gasteiger partial charge in [0.15, 0.2) is 0 Å². The van der Waals surface area contributed by atoms with E-state index in [1.165, 1.54) is 4.90 Å². The molecule has 2 heterocycles. The van der Waals surface area contributed by atoms with Crippen molar-refractivity contribution in [1.29, 1.82) is 0 Å². The van der Waals surface area contributed by atoms with E-state index in [0.717, 1.165) is 18.4 Å². The van der Waals surface area contributed by atoms with Gasteiger partial charge in [-0.2, -0.15) is 0 Å². The average Bonchev–Trinajstić information content (AvgIpc) is 2.63. The Balaban J connectivity index is 1.99. The highest BCUT2D eigenvalue weighted by Gasteiger charge is 2.49. The van der Waals surface area contributed by atoms with Gasteiger partial charge in [0.2, 0.25) is 0 Å². The zero-order valence-electron chi connectivity index (χ0n) is 11.3. The average molecular weight is 258 g/mol. The van der Waals surface area contributed by atoms with Crippen LogP contribution in [-0.2, 0) is 4.79 Å². The van der Waals surface area contributed by atoms with Gasteiger partial charge < -0.3 is 4.90 Å². The molecule has 0 N–H and O–H groups in total. The second kappa shape index (κ2) is 4.37. The maximum absolute atomic E-state index is 12.5. The number of piperidine rings is 1. The maximum atomic E-state index is 12.5. The smallest absolute Gasteiger partial charge is 0.312 e. The fourth-order valence-corrected chi connectivity index (χ4v) is 3.14. The molecule has 0 aromatic heterocycles. The number of aryl methyl sites for hydroxylation is 1. The Kier molecular flexibility index (Phi) is 2.81. The first-order valence-electron chi connectivity index (χ1n) is 6.81. The highest BCUT2D eigenvalue weighted by Crippen LogP contribution is 2.33. The first-order chi connectivity index (χ1) is 9.09. The number of nitrogens with zero attached hydrogens (tertiary/aromatic N) is 2. The summed E-state index contributed by atoms with van der Waals surface area (Å²) in [5.74, 6) is 0.183. The molecule has 1 aromatic carbocycles. The molecule has 0 saturated carbocycles. The molecular formula is C15H18N2O2. The lowest BCUT2D eigenvalue weighted by Gasteiger charge is -2.31. The highest BCUT2D eigenvalue weighted by molar-refractivity contribution is 6.21. The quantitative estimate of drug-likeness (QED) is 0.726. The van der Waals surface area contributed by atoms with E-state index in [9.17, 15) is 9.59 Å². The van der Waals surface area contributed by atoms with Crippen LogP contribution in [0.1, 0.15) is 25.3 Å². The molecule has 100 valence electrons. The van der Waals surface area contributed by atoms with E-state index in [2.05, 4.69) is 6.92 Å². The van der Waals surface area contributed by atoms with Gasteiger partial charge in [0, 0.05) is 6.54 Å². The van der Waals surface area contributed by atoms with Gasteiger partial charge in [0.05, 0.1) is 5.69 Å². The first-order valence-corrected chi connectivity index (χ1v) is 6.81. The Morgan fingerprint density at radius 3 is 2.74 bits per heavy atom. The van der Waals surface area contributed by atoms with Crippen LogP contribution in [-0.4, -0.2) is 29.4 Å². The van der Waals surface area contributed by atoms with E-state index in [1.54, 1.807) is 4.90 Å². The second-order valence-electron chi connectivity index (χ2n) is 5.55. The van der Waals surface area contributed by atoms with Crippen LogP contribution in [0.2, 0.25) is 0 Å². The molecule has 1 aromatic rings. The maximum Gasteiger partial charge on any atom is 0.332 e. The molecule has 4 heteroatoms. The topological polar surface area (TPSA) is 40.6 Å². The third kappa shape index (κ3) is 1.82. The number of hydrogen-bond donors (Lipinski definition) is 0. The van der Waals surface area contributed by atoms with Crippen molar-refractivity contribution in [2.75, 3.05) is 11.4 Å².